The number of benzene rings is 1. The van der Waals surface area contributed by atoms with Gasteiger partial charge in [-0.1, -0.05) is 12.1 Å². The van der Waals surface area contributed by atoms with E-state index in [1.807, 2.05) is 34.6 Å². The van der Waals surface area contributed by atoms with Crippen LogP contribution in [0.15, 0.2) is 29.2 Å². The second-order valence-corrected chi connectivity index (χ2v) is 10.4. The number of ether oxygens (including phenoxy) is 1. The molecule has 1 heterocycles. The maximum atomic E-state index is 14.0. The number of amides is 1. The molecule has 28 heavy (non-hydrogen) atoms. The van der Waals surface area contributed by atoms with Crippen molar-refractivity contribution in [1.29, 1.82) is 0 Å². The molecule has 1 unspecified atom stereocenters. The number of carbonyl (C=O) groups excluding carboxylic acids is 1. The van der Waals surface area contributed by atoms with Gasteiger partial charge in [0.05, 0.1) is 0 Å². The van der Waals surface area contributed by atoms with Crippen LogP contribution in [0.2, 0.25) is 0 Å². The van der Waals surface area contributed by atoms with E-state index in [0.29, 0.717) is 19.5 Å². The molecule has 1 aliphatic heterocycles. The normalized spacial score (nSPS) is 18.9. The van der Waals surface area contributed by atoms with Crippen LogP contribution in [0.1, 0.15) is 47.5 Å². The first kappa shape index (κ1) is 22.6. The van der Waals surface area contributed by atoms with Crippen LogP contribution < -0.4 is 0 Å². The van der Waals surface area contributed by atoms with Gasteiger partial charge in [0.25, 0.3) is 0 Å². The summed E-state index contributed by atoms with van der Waals surface area (Å²) in [7, 11) is -3.91. The van der Waals surface area contributed by atoms with Crippen LogP contribution in [0.3, 0.4) is 0 Å². The number of sulfonamides is 1. The molecule has 0 aromatic heterocycles. The van der Waals surface area contributed by atoms with Crippen LogP contribution in [-0.2, 0) is 14.8 Å². The summed E-state index contributed by atoms with van der Waals surface area (Å²) in [5, 5.41) is 0. The summed E-state index contributed by atoms with van der Waals surface area (Å²) >= 11 is 0. The summed E-state index contributed by atoms with van der Waals surface area (Å²) < 4.78 is 46.6. The van der Waals surface area contributed by atoms with Gasteiger partial charge in [0, 0.05) is 25.7 Å². The molecule has 0 radical (unpaired) electrons. The van der Waals surface area contributed by atoms with E-state index in [1.54, 1.807) is 4.90 Å². The quantitative estimate of drug-likeness (QED) is 0.734. The SMILES string of the molecule is CC(C)N(CC1CCCN(S(=O)(=O)c2ccccc2F)C1)C(=O)OC(C)(C)C. The minimum Gasteiger partial charge on any atom is -0.444 e. The molecule has 0 bridgehead atoms. The molecule has 1 amide bonds. The zero-order valence-electron chi connectivity index (χ0n) is 17.3. The van der Waals surface area contributed by atoms with E-state index >= 15 is 0 Å². The minimum absolute atomic E-state index is 0.0368. The number of nitrogens with zero attached hydrogens (tertiary/aromatic N) is 2. The van der Waals surface area contributed by atoms with Gasteiger partial charge in [-0.15, -0.1) is 0 Å². The van der Waals surface area contributed by atoms with Crippen LogP contribution in [0.5, 0.6) is 0 Å². The minimum atomic E-state index is -3.91. The molecular formula is C20H31FN2O4S. The van der Waals surface area contributed by atoms with Crippen LogP contribution in [0, 0.1) is 11.7 Å². The van der Waals surface area contributed by atoms with Crippen LogP contribution >= 0.6 is 0 Å². The lowest BCUT2D eigenvalue weighted by Crippen LogP contribution is -2.48. The smallest absolute Gasteiger partial charge is 0.410 e. The van der Waals surface area contributed by atoms with Gasteiger partial charge in [-0.2, -0.15) is 4.31 Å². The Morgan fingerprint density at radius 2 is 1.96 bits per heavy atom. The molecule has 1 aliphatic rings. The van der Waals surface area contributed by atoms with Crippen molar-refractivity contribution >= 4 is 16.1 Å². The van der Waals surface area contributed by atoms with E-state index in [4.69, 9.17) is 4.74 Å². The van der Waals surface area contributed by atoms with Crippen molar-refractivity contribution in [1.82, 2.24) is 9.21 Å². The third-order valence-corrected chi connectivity index (χ3v) is 6.54. The molecule has 1 aromatic carbocycles. The summed E-state index contributed by atoms with van der Waals surface area (Å²) in [6.45, 7) is 10.2. The molecular weight excluding hydrogens is 383 g/mol. The third kappa shape index (κ3) is 5.67. The lowest BCUT2D eigenvalue weighted by atomic mass is 9.98. The maximum Gasteiger partial charge on any atom is 0.410 e. The van der Waals surface area contributed by atoms with E-state index in [0.717, 1.165) is 12.5 Å². The topological polar surface area (TPSA) is 66.9 Å². The highest BCUT2D eigenvalue weighted by atomic mass is 32.2. The summed E-state index contributed by atoms with van der Waals surface area (Å²) in [5.74, 6) is -0.785. The molecule has 0 spiro atoms. The largest absolute Gasteiger partial charge is 0.444 e. The van der Waals surface area contributed by atoms with E-state index < -0.39 is 27.5 Å². The van der Waals surface area contributed by atoms with Crippen LogP contribution in [-0.4, -0.2) is 55.0 Å². The van der Waals surface area contributed by atoms with Crippen LogP contribution in [0.4, 0.5) is 9.18 Å². The Balaban J connectivity index is 2.13. The predicted molar refractivity (Wildman–Crippen MR) is 106 cm³/mol. The molecule has 2 rings (SSSR count). The molecule has 158 valence electrons. The number of hydrogen-bond donors (Lipinski definition) is 0. The highest BCUT2D eigenvalue weighted by Gasteiger charge is 2.34. The van der Waals surface area contributed by atoms with Crippen molar-refractivity contribution in [2.45, 2.75) is 64.0 Å². The Kier molecular flexibility index (Phi) is 7.09. The average Bonchev–Trinajstić information content (AvgIpc) is 2.58. The van der Waals surface area contributed by atoms with Crippen LogP contribution in [0.25, 0.3) is 0 Å². The maximum absolute atomic E-state index is 14.0. The van der Waals surface area contributed by atoms with Gasteiger partial charge >= 0.3 is 6.09 Å². The standard InChI is InChI=1S/C20H31FN2O4S/c1-15(2)23(19(24)27-20(3,4)5)14-16-9-8-12-22(13-16)28(25,26)18-11-7-6-10-17(18)21/h6-7,10-11,15-16H,8-9,12-14H2,1-5H3. The summed E-state index contributed by atoms with van der Waals surface area (Å²) in [6, 6.07) is 5.34. The fourth-order valence-electron chi connectivity index (χ4n) is 3.28. The first-order valence-electron chi connectivity index (χ1n) is 9.66. The zero-order valence-corrected chi connectivity index (χ0v) is 18.1. The zero-order chi connectivity index (χ0) is 21.1. The van der Waals surface area contributed by atoms with Gasteiger partial charge in [-0.05, 0) is 65.5 Å². The Labute approximate surface area is 167 Å². The number of piperidine rings is 1. The van der Waals surface area contributed by atoms with Crippen molar-refractivity contribution in [2.24, 2.45) is 5.92 Å². The van der Waals surface area contributed by atoms with E-state index in [2.05, 4.69) is 0 Å². The summed E-state index contributed by atoms with van der Waals surface area (Å²) in [4.78, 5) is 13.9. The Morgan fingerprint density at radius 1 is 1.32 bits per heavy atom. The van der Waals surface area contributed by atoms with Gasteiger partial charge in [-0.3, -0.25) is 0 Å². The molecule has 0 aliphatic carbocycles. The van der Waals surface area contributed by atoms with E-state index in [1.165, 1.54) is 22.5 Å². The number of hydrogen-bond acceptors (Lipinski definition) is 4. The molecule has 8 heteroatoms. The van der Waals surface area contributed by atoms with Gasteiger partial charge in [0.1, 0.15) is 16.3 Å². The highest BCUT2D eigenvalue weighted by molar-refractivity contribution is 7.89. The van der Waals surface area contributed by atoms with E-state index in [9.17, 15) is 17.6 Å². The second kappa shape index (κ2) is 8.78. The van der Waals surface area contributed by atoms with Gasteiger partial charge in [0.2, 0.25) is 10.0 Å². The van der Waals surface area contributed by atoms with Crippen molar-refractivity contribution in [3.8, 4) is 0 Å². The number of rotatable bonds is 5. The molecule has 1 atom stereocenters. The molecule has 0 N–H and O–H groups in total. The average molecular weight is 415 g/mol. The summed E-state index contributed by atoms with van der Waals surface area (Å²) in [6.07, 6.45) is 1.06. The first-order valence-corrected chi connectivity index (χ1v) is 11.1. The third-order valence-electron chi connectivity index (χ3n) is 4.64. The predicted octanol–water partition coefficient (Wildman–Crippen LogP) is 3.87. The Bertz CT molecular complexity index is 790. The lowest BCUT2D eigenvalue weighted by Gasteiger charge is -2.37. The van der Waals surface area contributed by atoms with Crippen molar-refractivity contribution in [2.75, 3.05) is 19.6 Å². The fraction of sp³-hybridized carbons (Fsp3) is 0.650. The number of halogens is 1. The molecule has 0 saturated carbocycles. The first-order chi connectivity index (χ1) is 12.9. The van der Waals surface area contributed by atoms with E-state index in [-0.39, 0.29) is 23.4 Å². The van der Waals surface area contributed by atoms with Crippen molar-refractivity contribution < 1.29 is 22.3 Å². The lowest BCUT2D eigenvalue weighted by molar-refractivity contribution is 0.0138. The monoisotopic (exact) mass is 414 g/mol. The van der Waals surface area contributed by atoms with Gasteiger partial charge in [0.15, 0.2) is 0 Å². The van der Waals surface area contributed by atoms with Gasteiger partial charge in [-0.25, -0.2) is 17.6 Å². The second-order valence-electron chi connectivity index (χ2n) is 8.53. The van der Waals surface area contributed by atoms with Crippen molar-refractivity contribution in [3.63, 3.8) is 0 Å². The molecule has 1 saturated heterocycles. The highest BCUT2D eigenvalue weighted by Crippen LogP contribution is 2.26. The van der Waals surface area contributed by atoms with Gasteiger partial charge < -0.3 is 9.64 Å². The fourth-order valence-corrected chi connectivity index (χ4v) is 4.90. The molecule has 1 fully saturated rings. The van der Waals surface area contributed by atoms with Crippen molar-refractivity contribution in [3.05, 3.63) is 30.1 Å². The summed E-state index contributed by atoms with van der Waals surface area (Å²) in [5.41, 5.74) is -0.600. The Morgan fingerprint density at radius 3 is 2.54 bits per heavy atom. The Hall–Kier alpha value is -1.67. The number of carbonyl (C=O) groups is 1. The molecule has 6 nitrogen and oxygen atoms in total. The molecule has 1 aromatic rings.